The van der Waals surface area contributed by atoms with Crippen molar-refractivity contribution < 1.29 is 4.74 Å². The molecule has 4 heteroatoms. The zero-order valence-electron chi connectivity index (χ0n) is 10.1. The van der Waals surface area contributed by atoms with Crippen molar-refractivity contribution in [1.82, 2.24) is 4.98 Å². The lowest BCUT2D eigenvalue weighted by atomic mass is 10.3. The van der Waals surface area contributed by atoms with Gasteiger partial charge in [0.2, 0.25) is 0 Å². The summed E-state index contributed by atoms with van der Waals surface area (Å²) in [6, 6.07) is 4.01. The molecular weight excluding hydrogens is 202 g/mol. The minimum Gasteiger partial charge on any atom is -0.385 e. The van der Waals surface area contributed by atoms with E-state index < -0.39 is 0 Å². The lowest BCUT2D eigenvalue weighted by Crippen LogP contribution is -2.06. The summed E-state index contributed by atoms with van der Waals surface area (Å²) >= 11 is 0. The van der Waals surface area contributed by atoms with Crippen LogP contribution >= 0.6 is 0 Å². The van der Waals surface area contributed by atoms with Crippen LogP contribution in [0.25, 0.3) is 0 Å². The minimum absolute atomic E-state index is 0.791. The van der Waals surface area contributed by atoms with E-state index in [1.165, 1.54) is 0 Å². The highest BCUT2D eigenvalue weighted by atomic mass is 16.5. The summed E-state index contributed by atoms with van der Waals surface area (Å²) in [5, 5.41) is 6.60. The predicted octanol–water partition coefficient (Wildman–Crippen LogP) is 2.35. The minimum atomic E-state index is 0.791. The molecule has 0 amide bonds. The van der Waals surface area contributed by atoms with Crippen molar-refractivity contribution in [2.45, 2.75) is 19.8 Å². The van der Waals surface area contributed by atoms with Gasteiger partial charge in [-0.15, -0.1) is 0 Å². The zero-order valence-corrected chi connectivity index (χ0v) is 10.1. The molecule has 1 rings (SSSR count). The van der Waals surface area contributed by atoms with Crippen LogP contribution in [0.4, 0.5) is 11.5 Å². The van der Waals surface area contributed by atoms with Gasteiger partial charge in [0.1, 0.15) is 5.82 Å². The van der Waals surface area contributed by atoms with Crippen molar-refractivity contribution in [3.63, 3.8) is 0 Å². The Bertz CT molecular complexity index is 291. The first kappa shape index (κ1) is 12.8. The van der Waals surface area contributed by atoms with Crippen molar-refractivity contribution in [3.05, 3.63) is 18.3 Å². The molecule has 0 aliphatic carbocycles. The summed E-state index contributed by atoms with van der Waals surface area (Å²) in [6.07, 6.45) is 3.93. The quantitative estimate of drug-likeness (QED) is 0.664. The SMILES string of the molecule is CCCNc1cc(NCCCOC)ccn1. The van der Waals surface area contributed by atoms with Gasteiger partial charge in [-0.2, -0.15) is 0 Å². The van der Waals surface area contributed by atoms with E-state index >= 15 is 0 Å². The van der Waals surface area contributed by atoms with Crippen LogP contribution < -0.4 is 10.6 Å². The number of anilines is 2. The third-order valence-corrected chi connectivity index (χ3v) is 2.17. The monoisotopic (exact) mass is 223 g/mol. The third-order valence-electron chi connectivity index (χ3n) is 2.17. The fourth-order valence-electron chi connectivity index (χ4n) is 1.34. The largest absolute Gasteiger partial charge is 0.385 e. The number of nitrogens with one attached hydrogen (secondary N) is 2. The molecule has 1 aromatic rings. The van der Waals surface area contributed by atoms with Crippen LogP contribution in [-0.2, 0) is 4.74 Å². The molecule has 0 atom stereocenters. The first-order chi connectivity index (χ1) is 7.86. The maximum absolute atomic E-state index is 4.99. The molecule has 1 heterocycles. The average Bonchev–Trinajstić information content (AvgIpc) is 2.33. The van der Waals surface area contributed by atoms with Crippen molar-refractivity contribution in [3.8, 4) is 0 Å². The lowest BCUT2D eigenvalue weighted by molar-refractivity contribution is 0.198. The second-order valence-corrected chi connectivity index (χ2v) is 3.63. The molecule has 0 saturated carbocycles. The van der Waals surface area contributed by atoms with Crippen molar-refractivity contribution in [1.29, 1.82) is 0 Å². The normalized spacial score (nSPS) is 10.1. The van der Waals surface area contributed by atoms with Crippen molar-refractivity contribution in [2.75, 3.05) is 37.4 Å². The van der Waals surface area contributed by atoms with E-state index in [0.29, 0.717) is 0 Å². The van der Waals surface area contributed by atoms with Crippen LogP contribution in [0.3, 0.4) is 0 Å². The lowest BCUT2D eigenvalue weighted by Gasteiger charge is -2.08. The fourth-order valence-corrected chi connectivity index (χ4v) is 1.34. The first-order valence-electron chi connectivity index (χ1n) is 5.79. The molecule has 0 bridgehead atoms. The maximum atomic E-state index is 4.99. The van der Waals surface area contributed by atoms with Crippen LogP contribution in [-0.4, -0.2) is 31.8 Å². The molecular formula is C12H21N3O. The standard InChI is InChI=1S/C12H21N3O/c1-3-6-14-12-10-11(5-8-15-12)13-7-4-9-16-2/h5,8,10H,3-4,6-7,9H2,1-2H3,(H2,13,14,15). The van der Waals surface area contributed by atoms with Gasteiger partial charge in [0.25, 0.3) is 0 Å². The van der Waals surface area contributed by atoms with Crippen LogP contribution in [0.15, 0.2) is 18.3 Å². The maximum Gasteiger partial charge on any atom is 0.127 e. The van der Waals surface area contributed by atoms with E-state index in [0.717, 1.165) is 44.0 Å². The van der Waals surface area contributed by atoms with Gasteiger partial charge in [0, 0.05) is 44.8 Å². The molecule has 4 nitrogen and oxygen atoms in total. The van der Waals surface area contributed by atoms with Crippen molar-refractivity contribution >= 4 is 11.5 Å². The van der Waals surface area contributed by atoms with Gasteiger partial charge >= 0.3 is 0 Å². The number of methoxy groups -OCH3 is 1. The molecule has 0 unspecified atom stereocenters. The predicted molar refractivity (Wildman–Crippen MR) is 68.0 cm³/mol. The second-order valence-electron chi connectivity index (χ2n) is 3.63. The van der Waals surface area contributed by atoms with Crippen LogP contribution in [0, 0.1) is 0 Å². The zero-order chi connectivity index (χ0) is 11.6. The summed E-state index contributed by atoms with van der Waals surface area (Å²) in [5.74, 6) is 0.929. The Labute approximate surface area is 97.4 Å². The fraction of sp³-hybridized carbons (Fsp3) is 0.583. The van der Waals surface area contributed by atoms with Gasteiger partial charge in [-0.25, -0.2) is 4.98 Å². The highest BCUT2D eigenvalue weighted by Gasteiger charge is 1.95. The summed E-state index contributed by atoms with van der Waals surface area (Å²) in [5.41, 5.74) is 1.10. The molecule has 0 saturated heterocycles. The highest BCUT2D eigenvalue weighted by molar-refractivity contribution is 5.51. The number of nitrogens with zero attached hydrogens (tertiary/aromatic N) is 1. The number of hydrogen-bond donors (Lipinski definition) is 2. The summed E-state index contributed by atoms with van der Waals surface area (Å²) in [7, 11) is 1.72. The Morgan fingerprint density at radius 1 is 1.31 bits per heavy atom. The number of pyridine rings is 1. The Kier molecular flexibility index (Phi) is 6.33. The Hall–Kier alpha value is -1.29. The summed E-state index contributed by atoms with van der Waals surface area (Å²) < 4.78 is 4.99. The number of hydrogen-bond acceptors (Lipinski definition) is 4. The van der Waals surface area contributed by atoms with E-state index in [2.05, 4.69) is 22.5 Å². The molecule has 2 N–H and O–H groups in total. The molecule has 0 aliphatic heterocycles. The Morgan fingerprint density at radius 3 is 2.94 bits per heavy atom. The van der Waals surface area contributed by atoms with Gasteiger partial charge in [-0.05, 0) is 18.9 Å². The van der Waals surface area contributed by atoms with Gasteiger partial charge in [-0.3, -0.25) is 0 Å². The summed E-state index contributed by atoms with van der Waals surface area (Å²) in [4.78, 5) is 4.25. The van der Waals surface area contributed by atoms with Crippen molar-refractivity contribution in [2.24, 2.45) is 0 Å². The third kappa shape index (κ3) is 4.98. The first-order valence-corrected chi connectivity index (χ1v) is 5.79. The van der Waals surface area contributed by atoms with Gasteiger partial charge in [0.15, 0.2) is 0 Å². The molecule has 1 aromatic heterocycles. The molecule has 0 radical (unpaired) electrons. The van der Waals surface area contributed by atoms with E-state index in [9.17, 15) is 0 Å². The van der Waals surface area contributed by atoms with Crippen LogP contribution in [0.1, 0.15) is 19.8 Å². The smallest absolute Gasteiger partial charge is 0.127 e. The van der Waals surface area contributed by atoms with Gasteiger partial charge in [-0.1, -0.05) is 6.92 Å². The van der Waals surface area contributed by atoms with Gasteiger partial charge < -0.3 is 15.4 Å². The molecule has 0 spiro atoms. The topological polar surface area (TPSA) is 46.2 Å². The Morgan fingerprint density at radius 2 is 2.19 bits per heavy atom. The van der Waals surface area contributed by atoms with E-state index in [-0.39, 0.29) is 0 Å². The number of aromatic nitrogens is 1. The molecule has 0 fully saturated rings. The summed E-state index contributed by atoms with van der Waals surface area (Å²) in [6.45, 7) is 4.81. The van der Waals surface area contributed by atoms with E-state index in [1.54, 1.807) is 7.11 Å². The molecule has 0 aliphatic rings. The average molecular weight is 223 g/mol. The Balaban J connectivity index is 2.35. The van der Waals surface area contributed by atoms with E-state index in [4.69, 9.17) is 4.74 Å². The molecule has 90 valence electrons. The number of rotatable bonds is 8. The number of ether oxygens (including phenoxy) is 1. The second kappa shape index (κ2) is 7.93. The van der Waals surface area contributed by atoms with Crippen LogP contribution in [0.2, 0.25) is 0 Å². The highest BCUT2D eigenvalue weighted by Crippen LogP contribution is 2.11. The van der Waals surface area contributed by atoms with Crippen LogP contribution in [0.5, 0.6) is 0 Å². The molecule has 0 aromatic carbocycles. The molecule has 16 heavy (non-hydrogen) atoms. The van der Waals surface area contributed by atoms with Gasteiger partial charge in [0.05, 0.1) is 0 Å². The van der Waals surface area contributed by atoms with E-state index in [1.807, 2.05) is 18.3 Å².